The molecule has 6 atom stereocenters. The van der Waals surface area contributed by atoms with Crippen LogP contribution in [0.4, 0.5) is 5.69 Å². The van der Waals surface area contributed by atoms with E-state index in [2.05, 4.69) is 41.1 Å². The Labute approximate surface area is 167 Å². The quantitative estimate of drug-likeness (QED) is 0.736. The van der Waals surface area contributed by atoms with E-state index in [0.29, 0.717) is 6.04 Å². The number of hydrogen-bond acceptors (Lipinski definition) is 5. The number of hydrogen-bond donors (Lipinski definition) is 0. The monoisotopic (exact) mass is 382 g/mol. The van der Waals surface area contributed by atoms with Gasteiger partial charge in [-0.2, -0.15) is 0 Å². The van der Waals surface area contributed by atoms with Gasteiger partial charge in [-0.1, -0.05) is 18.2 Å². The van der Waals surface area contributed by atoms with Crippen LogP contribution in [-0.2, 0) is 19.7 Å². The van der Waals surface area contributed by atoms with E-state index in [1.807, 2.05) is 7.11 Å². The molecule has 0 N–H and O–H groups in total. The summed E-state index contributed by atoms with van der Waals surface area (Å²) in [5.74, 6) is -0.133. The normalized spacial score (nSPS) is 45.5. The molecule has 0 radical (unpaired) electrons. The lowest BCUT2D eigenvalue weighted by Gasteiger charge is -2.71. The first-order valence-electron chi connectivity index (χ1n) is 10.7. The zero-order valence-corrected chi connectivity index (χ0v) is 17.1. The van der Waals surface area contributed by atoms with Crippen molar-refractivity contribution in [3.63, 3.8) is 0 Å². The molecule has 3 aliphatic heterocycles. The minimum atomic E-state index is -0.180. The summed E-state index contributed by atoms with van der Waals surface area (Å²) in [6.45, 7) is 2.23. The van der Waals surface area contributed by atoms with E-state index in [4.69, 9.17) is 9.47 Å². The maximum Gasteiger partial charge on any atom is 0.311 e. The van der Waals surface area contributed by atoms with Gasteiger partial charge in [0.15, 0.2) is 0 Å². The summed E-state index contributed by atoms with van der Waals surface area (Å²) in [6.07, 6.45) is 5.50. The molecule has 3 aliphatic carbocycles. The van der Waals surface area contributed by atoms with Crippen molar-refractivity contribution in [2.75, 3.05) is 39.3 Å². The van der Waals surface area contributed by atoms with Crippen LogP contribution in [0.1, 0.15) is 37.7 Å². The van der Waals surface area contributed by atoms with Gasteiger partial charge in [-0.3, -0.25) is 9.69 Å². The van der Waals surface area contributed by atoms with Crippen molar-refractivity contribution in [2.45, 2.75) is 55.2 Å². The Morgan fingerprint density at radius 1 is 1.14 bits per heavy atom. The second kappa shape index (κ2) is 5.31. The summed E-state index contributed by atoms with van der Waals surface area (Å²) >= 11 is 0. The minimum absolute atomic E-state index is 0.00903. The first-order valence-corrected chi connectivity index (χ1v) is 10.7. The summed E-state index contributed by atoms with van der Waals surface area (Å²) in [5.41, 5.74) is 2.63. The van der Waals surface area contributed by atoms with E-state index in [9.17, 15) is 4.79 Å². The van der Waals surface area contributed by atoms with E-state index < -0.39 is 0 Å². The van der Waals surface area contributed by atoms with Gasteiger partial charge < -0.3 is 14.4 Å². The Hall–Kier alpha value is -1.59. The highest BCUT2D eigenvalue weighted by atomic mass is 16.5. The van der Waals surface area contributed by atoms with E-state index in [1.54, 1.807) is 7.11 Å². The number of ether oxygens (including phenoxy) is 2. The van der Waals surface area contributed by atoms with Crippen molar-refractivity contribution in [3.05, 3.63) is 29.8 Å². The Morgan fingerprint density at radius 2 is 1.96 bits per heavy atom. The number of carbonyl (C=O) groups is 1. The fourth-order valence-electron chi connectivity index (χ4n) is 8.86. The van der Waals surface area contributed by atoms with Gasteiger partial charge in [0, 0.05) is 43.3 Å². The molecule has 2 bridgehead atoms. The largest absolute Gasteiger partial charge is 0.469 e. The van der Waals surface area contributed by atoms with Crippen molar-refractivity contribution in [3.8, 4) is 0 Å². The van der Waals surface area contributed by atoms with Gasteiger partial charge in [0.05, 0.1) is 24.7 Å². The van der Waals surface area contributed by atoms with Gasteiger partial charge in [0.25, 0.3) is 0 Å². The van der Waals surface area contributed by atoms with Gasteiger partial charge in [-0.25, -0.2) is 0 Å². The van der Waals surface area contributed by atoms with Crippen LogP contribution in [0.2, 0.25) is 0 Å². The summed E-state index contributed by atoms with van der Waals surface area (Å²) < 4.78 is 11.6. The van der Waals surface area contributed by atoms with Crippen LogP contribution < -0.4 is 4.90 Å². The number of para-hydroxylation sites is 1. The minimum Gasteiger partial charge on any atom is -0.469 e. The van der Waals surface area contributed by atoms with Crippen LogP contribution in [0.5, 0.6) is 0 Å². The van der Waals surface area contributed by atoms with Crippen molar-refractivity contribution in [2.24, 2.45) is 11.3 Å². The zero-order chi connectivity index (χ0) is 19.3. The standard InChI is InChI=1S/C23H30N2O3/c1-24-17-7-5-4-6-15(17)22-11-13-25-12-8-18(27-2)21(20(22)25)9-10-23(22,24)16(14-21)19(26)28-3/h4-7,16,18,20H,8-14H2,1-3H3/t16-,18+,20-,21?,22+,23?/m0/s1. The van der Waals surface area contributed by atoms with Crippen LogP contribution in [0.15, 0.2) is 24.3 Å². The number of nitrogens with zero attached hydrogens (tertiary/aromatic N) is 2. The molecule has 1 aromatic rings. The summed E-state index contributed by atoms with van der Waals surface area (Å²) in [4.78, 5) is 18.4. The average molecular weight is 383 g/mol. The Morgan fingerprint density at radius 3 is 2.75 bits per heavy atom. The number of rotatable bonds is 2. The van der Waals surface area contributed by atoms with E-state index >= 15 is 0 Å². The number of likely N-dealkylation sites (N-methyl/N-ethyl adjacent to an activating group) is 1. The summed E-state index contributed by atoms with van der Waals surface area (Å²) in [7, 11) is 5.65. The summed E-state index contributed by atoms with van der Waals surface area (Å²) in [5, 5.41) is 0. The molecule has 28 heavy (non-hydrogen) atoms. The maximum absolute atomic E-state index is 13.2. The molecule has 6 aliphatic rings. The lowest BCUT2D eigenvalue weighted by molar-refractivity contribution is -0.205. The number of esters is 1. The third-order valence-corrected chi connectivity index (χ3v) is 9.51. The lowest BCUT2D eigenvalue weighted by Crippen LogP contribution is -2.80. The molecule has 150 valence electrons. The molecular formula is C23H30N2O3. The molecule has 1 aromatic carbocycles. The first-order chi connectivity index (χ1) is 13.6. The van der Waals surface area contributed by atoms with E-state index in [0.717, 1.165) is 45.2 Å². The topological polar surface area (TPSA) is 42.0 Å². The number of benzene rings is 1. The van der Waals surface area contributed by atoms with Gasteiger partial charge >= 0.3 is 5.97 Å². The molecule has 7 rings (SSSR count). The molecule has 2 unspecified atom stereocenters. The van der Waals surface area contributed by atoms with Crippen LogP contribution in [0.3, 0.4) is 0 Å². The average Bonchev–Trinajstić information content (AvgIpc) is 3.25. The third kappa shape index (κ3) is 1.53. The third-order valence-electron chi connectivity index (χ3n) is 9.51. The number of piperidine rings is 1. The van der Waals surface area contributed by atoms with Crippen molar-refractivity contribution in [1.29, 1.82) is 0 Å². The fraction of sp³-hybridized carbons (Fsp3) is 0.696. The highest BCUT2D eigenvalue weighted by Crippen LogP contribution is 2.75. The highest BCUT2D eigenvalue weighted by Gasteiger charge is 2.81. The van der Waals surface area contributed by atoms with Crippen molar-refractivity contribution in [1.82, 2.24) is 4.90 Å². The molecule has 5 heteroatoms. The van der Waals surface area contributed by atoms with Crippen molar-refractivity contribution < 1.29 is 14.3 Å². The Balaban J connectivity index is 1.67. The highest BCUT2D eigenvalue weighted by molar-refractivity contribution is 5.81. The molecule has 3 heterocycles. The van der Waals surface area contributed by atoms with Crippen LogP contribution >= 0.6 is 0 Å². The van der Waals surface area contributed by atoms with Crippen molar-refractivity contribution >= 4 is 11.7 Å². The first kappa shape index (κ1) is 17.3. The second-order valence-corrected chi connectivity index (χ2v) is 9.69. The number of anilines is 1. The number of fused-ring (bicyclic) bond motifs is 3. The lowest BCUT2D eigenvalue weighted by atomic mass is 9.38. The Kier molecular flexibility index (Phi) is 3.28. The van der Waals surface area contributed by atoms with Crippen LogP contribution in [-0.4, -0.2) is 62.9 Å². The van der Waals surface area contributed by atoms with Crippen LogP contribution in [0, 0.1) is 11.3 Å². The smallest absolute Gasteiger partial charge is 0.311 e. The number of methoxy groups -OCH3 is 2. The molecule has 0 amide bonds. The predicted octanol–water partition coefficient (Wildman–Crippen LogP) is 2.58. The fourth-order valence-corrected chi connectivity index (χ4v) is 8.86. The van der Waals surface area contributed by atoms with E-state index in [-0.39, 0.29) is 34.4 Å². The van der Waals surface area contributed by atoms with Gasteiger partial charge in [-0.05, 0) is 50.3 Å². The molecular weight excluding hydrogens is 352 g/mol. The summed E-state index contributed by atoms with van der Waals surface area (Å²) in [6, 6.07) is 9.37. The molecule has 3 saturated carbocycles. The van der Waals surface area contributed by atoms with E-state index in [1.165, 1.54) is 11.3 Å². The SMILES string of the molecule is COC(=O)[C@@H]1CC23CCC14N(C)c1ccccc1[C@@]41CCN(CC[C@H]2OC)[C@@H]31. The van der Waals surface area contributed by atoms with Gasteiger partial charge in [0.1, 0.15) is 0 Å². The number of carbonyl (C=O) groups excluding carboxylic acids is 1. The predicted molar refractivity (Wildman–Crippen MR) is 106 cm³/mol. The second-order valence-electron chi connectivity index (χ2n) is 9.69. The van der Waals surface area contributed by atoms with Crippen LogP contribution in [0.25, 0.3) is 0 Å². The molecule has 0 aromatic heterocycles. The molecule has 2 saturated heterocycles. The molecule has 3 spiro atoms. The zero-order valence-electron chi connectivity index (χ0n) is 17.1. The molecule has 5 nitrogen and oxygen atoms in total. The Bertz CT molecular complexity index is 858. The maximum atomic E-state index is 13.2. The van der Waals surface area contributed by atoms with Gasteiger partial charge in [0.2, 0.25) is 0 Å². The van der Waals surface area contributed by atoms with Gasteiger partial charge in [-0.15, -0.1) is 0 Å². The molecule has 5 fully saturated rings.